The molecule has 1 N–H and O–H groups in total. The number of aromatic nitrogens is 2. The fourth-order valence-electron chi connectivity index (χ4n) is 3.53. The maximum atomic E-state index is 11.8. The number of aromatic hydroxyl groups is 1. The molecule has 1 aliphatic heterocycles. The number of esters is 1. The van der Waals surface area contributed by atoms with E-state index < -0.39 is 0 Å². The number of likely N-dealkylation sites (tertiary alicyclic amines) is 1. The summed E-state index contributed by atoms with van der Waals surface area (Å²) >= 11 is 17.8. The molecule has 0 unspecified atom stereocenters. The third-order valence-corrected chi connectivity index (χ3v) is 6.28. The number of nitrogens with zero attached hydrogens (tertiary/aromatic N) is 5. The molecule has 0 spiro atoms. The van der Waals surface area contributed by atoms with Crippen molar-refractivity contribution in [2.75, 3.05) is 25.2 Å². The molecule has 1 fully saturated rings. The maximum absolute atomic E-state index is 11.8. The van der Waals surface area contributed by atoms with Crippen molar-refractivity contribution < 1.29 is 14.6 Å². The predicted molar refractivity (Wildman–Crippen MR) is 126 cm³/mol. The second-order valence-electron chi connectivity index (χ2n) is 7.03. The molecule has 0 amide bonds. The van der Waals surface area contributed by atoms with E-state index in [1.807, 2.05) is 4.90 Å². The van der Waals surface area contributed by atoms with Crippen LogP contribution in [0.3, 0.4) is 0 Å². The minimum atomic E-state index is -0.206. The van der Waals surface area contributed by atoms with Crippen molar-refractivity contribution in [1.82, 2.24) is 14.7 Å². The van der Waals surface area contributed by atoms with Gasteiger partial charge in [-0.25, -0.2) is 0 Å². The number of piperidine rings is 1. The summed E-state index contributed by atoms with van der Waals surface area (Å²) in [5, 5.41) is 22.4. The van der Waals surface area contributed by atoms with Gasteiger partial charge in [0.25, 0.3) is 0 Å². The summed E-state index contributed by atoms with van der Waals surface area (Å²) in [4.78, 5) is 13.7. The van der Waals surface area contributed by atoms with Crippen LogP contribution in [0.1, 0.15) is 19.8 Å². The highest BCUT2D eigenvalue weighted by atomic mass is 35.5. The van der Waals surface area contributed by atoms with Crippen LogP contribution in [0, 0.1) is 5.92 Å². The Morgan fingerprint density at radius 2 is 2.03 bits per heavy atom. The number of carbonyl (C=O) groups is 1. The highest BCUT2D eigenvalue weighted by Gasteiger charge is 2.31. The van der Waals surface area contributed by atoms with Gasteiger partial charge in [-0.3, -0.25) is 9.48 Å². The monoisotopic (exact) mass is 483 g/mol. The normalized spacial score (nSPS) is 14.8. The molecule has 0 bridgehead atoms. The Morgan fingerprint density at radius 3 is 2.61 bits per heavy atom. The minimum Gasteiger partial charge on any atom is -0.503 e. The standard InChI is InChI=1S/C20H23Cl2N5O3S/c1-4-23-27(20(31)26-9-7-12(8-10-26)19(29)30-3)18-17(28)16(25(2)24-18)13-5-6-14(21)15(22)11-13/h4-6,11-12,28H,7-10H2,1-3H3. The van der Waals surface area contributed by atoms with Crippen LogP contribution in [0.2, 0.25) is 10.0 Å². The van der Waals surface area contributed by atoms with Crippen LogP contribution in [0.15, 0.2) is 23.3 Å². The Kier molecular flexibility index (Phi) is 7.40. The highest BCUT2D eigenvalue weighted by molar-refractivity contribution is 7.80. The van der Waals surface area contributed by atoms with Gasteiger partial charge in [0.2, 0.25) is 5.82 Å². The van der Waals surface area contributed by atoms with Gasteiger partial charge in [-0.15, -0.1) is 5.10 Å². The summed E-state index contributed by atoms with van der Waals surface area (Å²) in [7, 11) is 3.10. The lowest BCUT2D eigenvalue weighted by atomic mass is 9.97. The Bertz CT molecular complexity index is 1020. The van der Waals surface area contributed by atoms with E-state index in [4.69, 9.17) is 40.2 Å². The molecule has 1 aromatic carbocycles. The van der Waals surface area contributed by atoms with E-state index in [1.54, 1.807) is 38.4 Å². The van der Waals surface area contributed by atoms with E-state index in [2.05, 4.69) is 10.2 Å². The molecular weight excluding hydrogens is 461 g/mol. The maximum Gasteiger partial charge on any atom is 0.308 e. The molecule has 11 heteroatoms. The summed E-state index contributed by atoms with van der Waals surface area (Å²) < 4.78 is 6.38. The van der Waals surface area contributed by atoms with E-state index in [9.17, 15) is 9.90 Å². The fraction of sp³-hybridized carbons (Fsp3) is 0.400. The van der Waals surface area contributed by atoms with E-state index in [1.165, 1.54) is 16.8 Å². The molecule has 0 radical (unpaired) electrons. The second kappa shape index (κ2) is 9.84. The molecule has 8 nitrogen and oxygen atoms in total. The van der Waals surface area contributed by atoms with E-state index in [0.717, 1.165) is 0 Å². The van der Waals surface area contributed by atoms with Crippen LogP contribution in [-0.4, -0.2) is 57.3 Å². The van der Waals surface area contributed by atoms with Gasteiger partial charge < -0.3 is 14.7 Å². The van der Waals surface area contributed by atoms with Gasteiger partial charge in [0.1, 0.15) is 5.69 Å². The van der Waals surface area contributed by atoms with Crippen molar-refractivity contribution in [2.45, 2.75) is 19.8 Å². The van der Waals surface area contributed by atoms with Crippen LogP contribution in [0.5, 0.6) is 5.75 Å². The lowest BCUT2D eigenvalue weighted by Crippen LogP contribution is -2.46. The lowest BCUT2D eigenvalue weighted by molar-refractivity contribution is -0.146. The van der Waals surface area contributed by atoms with Crippen molar-refractivity contribution in [3.63, 3.8) is 0 Å². The molecule has 1 saturated heterocycles. The first-order valence-electron chi connectivity index (χ1n) is 9.65. The fourth-order valence-corrected chi connectivity index (χ4v) is 4.14. The first-order chi connectivity index (χ1) is 14.8. The van der Waals surface area contributed by atoms with Crippen LogP contribution in [0.4, 0.5) is 5.82 Å². The van der Waals surface area contributed by atoms with E-state index >= 15 is 0 Å². The Morgan fingerprint density at radius 1 is 1.35 bits per heavy atom. The molecule has 1 aliphatic rings. The Hall–Kier alpha value is -2.36. The van der Waals surface area contributed by atoms with Crippen molar-refractivity contribution >= 4 is 58.5 Å². The van der Waals surface area contributed by atoms with Crippen molar-refractivity contribution in [1.29, 1.82) is 0 Å². The van der Waals surface area contributed by atoms with Gasteiger partial charge in [-0.2, -0.15) is 10.1 Å². The summed E-state index contributed by atoms with van der Waals surface area (Å²) in [6.45, 7) is 2.89. The third-order valence-electron chi connectivity index (χ3n) is 5.11. The van der Waals surface area contributed by atoms with Gasteiger partial charge in [0.15, 0.2) is 10.9 Å². The van der Waals surface area contributed by atoms with Crippen LogP contribution >= 0.6 is 35.4 Å². The molecule has 0 atom stereocenters. The number of methoxy groups -OCH3 is 1. The molecule has 31 heavy (non-hydrogen) atoms. The van der Waals surface area contributed by atoms with E-state index in [0.29, 0.717) is 52.3 Å². The number of anilines is 1. The number of ether oxygens (including phenoxy) is 1. The predicted octanol–water partition coefficient (Wildman–Crippen LogP) is 4.08. The summed E-state index contributed by atoms with van der Waals surface area (Å²) in [5.74, 6) is -0.237. The van der Waals surface area contributed by atoms with Gasteiger partial charge in [-0.05, 0) is 44.1 Å². The average molecular weight is 484 g/mol. The van der Waals surface area contributed by atoms with Gasteiger partial charge in [0.05, 0.1) is 23.1 Å². The average Bonchev–Trinajstić information content (AvgIpc) is 3.06. The van der Waals surface area contributed by atoms with E-state index in [-0.39, 0.29) is 23.5 Å². The third kappa shape index (κ3) is 4.78. The van der Waals surface area contributed by atoms with Crippen LogP contribution < -0.4 is 5.01 Å². The largest absolute Gasteiger partial charge is 0.503 e. The molecule has 166 valence electrons. The number of thiocarbonyl (C=S) groups is 1. The first-order valence-corrected chi connectivity index (χ1v) is 10.8. The number of rotatable bonds is 4. The summed E-state index contributed by atoms with van der Waals surface area (Å²) in [6.07, 6.45) is 2.82. The zero-order chi connectivity index (χ0) is 22.7. The number of halogens is 2. The van der Waals surface area contributed by atoms with Crippen LogP contribution in [-0.2, 0) is 16.6 Å². The molecular formula is C20H23Cl2N5O3S. The van der Waals surface area contributed by atoms with Crippen molar-refractivity contribution in [3.8, 4) is 17.0 Å². The highest BCUT2D eigenvalue weighted by Crippen LogP contribution is 2.39. The Balaban J connectivity index is 1.89. The lowest BCUT2D eigenvalue weighted by Gasteiger charge is -2.34. The summed E-state index contributed by atoms with van der Waals surface area (Å²) in [6, 6.07) is 5.06. The van der Waals surface area contributed by atoms with Crippen LogP contribution in [0.25, 0.3) is 11.3 Å². The number of aryl methyl sites for hydroxylation is 1. The summed E-state index contributed by atoms with van der Waals surface area (Å²) in [5.41, 5.74) is 1.11. The SMILES string of the molecule is CC=NN(C(=S)N1CCC(C(=O)OC)CC1)c1nn(C)c(-c2ccc(Cl)c(Cl)c2)c1O. The van der Waals surface area contributed by atoms with Crippen molar-refractivity contribution in [3.05, 3.63) is 28.2 Å². The number of benzene rings is 1. The Labute approximate surface area is 196 Å². The van der Waals surface area contributed by atoms with Crippen molar-refractivity contribution in [2.24, 2.45) is 18.1 Å². The van der Waals surface area contributed by atoms with Gasteiger partial charge >= 0.3 is 5.97 Å². The number of carbonyl (C=O) groups excluding carboxylic acids is 1. The molecule has 0 saturated carbocycles. The quantitative estimate of drug-likeness (QED) is 0.303. The molecule has 1 aromatic heterocycles. The zero-order valence-corrected chi connectivity index (χ0v) is 19.7. The van der Waals surface area contributed by atoms with Gasteiger partial charge in [0, 0.05) is 31.9 Å². The number of hydrazone groups is 1. The number of hydrogen-bond acceptors (Lipinski definition) is 6. The second-order valence-corrected chi connectivity index (χ2v) is 8.21. The molecule has 3 rings (SSSR count). The molecule has 0 aliphatic carbocycles. The van der Waals surface area contributed by atoms with Gasteiger partial charge in [-0.1, -0.05) is 29.3 Å². The first kappa shape index (κ1) is 23.3. The number of hydrogen-bond donors (Lipinski definition) is 1. The zero-order valence-electron chi connectivity index (χ0n) is 17.4. The minimum absolute atomic E-state index is 0.0849. The smallest absolute Gasteiger partial charge is 0.308 e. The molecule has 2 aromatic rings. The topological polar surface area (TPSA) is 83.2 Å². The molecule has 2 heterocycles.